The summed E-state index contributed by atoms with van der Waals surface area (Å²) in [4.78, 5) is 27.0. The number of nitrogens with zero attached hydrogens (tertiary/aromatic N) is 1. The lowest BCUT2D eigenvalue weighted by atomic mass is 10.2. The maximum absolute atomic E-state index is 12.2. The second-order valence-corrected chi connectivity index (χ2v) is 6.23. The molecule has 2 rings (SSSR count). The van der Waals surface area contributed by atoms with E-state index < -0.39 is 12.6 Å². The number of aromatic nitrogens is 1. The molecule has 7 heteroatoms. The third-order valence-corrected chi connectivity index (χ3v) is 4.20. The Morgan fingerprint density at radius 1 is 1.39 bits per heavy atom. The van der Waals surface area contributed by atoms with Crippen LogP contribution in [0.25, 0.3) is 0 Å². The SMILES string of the molecule is Cc1cc(OCC(=O)O)ccc1NC(=O)c1csc(C(C)C)n1. The molecule has 0 aliphatic carbocycles. The highest BCUT2D eigenvalue weighted by Gasteiger charge is 2.14. The third-order valence-electron chi connectivity index (χ3n) is 3.06. The maximum atomic E-state index is 12.2. The van der Waals surface area contributed by atoms with Crippen LogP contribution in [-0.4, -0.2) is 28.6 Å². The fourth-order valence-corrected chi connectivity index (χ4v) is 2.67. The van der Waals surface area contributed by atoms with Crippen molar-refractivity contribution >= 4 is 28.9 Å². The van der Waals surface area contributed by atoms with Gasteiger partial charge in [-0.3, -0.25) is 4.79 Å². The normalized spacial score (nSPS) is 10.6. The molecule has 23 heavy (non-hydrogen) atoms. The fraction of sp³-hybridized carbons (Fsp3) is 0.312. The Bertz CT molecular complexity index is 725. The number of ether oxygens (including phenoxy) is 1. The average Bonchev–Trinajstić information content (AvgIpc) is 2.97. The van der Waals surface area contributed by atoms with Gasteiger partial charge in [0, 0.05) is 17.0 Å². The summed E-state index contributed by atoms with van der Waals surface area (Å²) in [7, 11) is 0. The van der Waals surface area contributed by atoms with Crippen LogP contribution in [0.15, 0.2) is 23.6 Å². The molecule has 2 aromatic rings. The summed E-state index contributed by atoms with van der Waals surface area (Å²) in [5.41, 5.74) is 1.81. The van der Waals surface area contributed by atoms with E-state index in [4.69, 9.17) is 9.84 Å². The molecule has 1 aromatic carbocycles. The molecule has 1 heterocycles. The van der Waals surface area contributed by atoms with Crippen LogP contribution >= 0.6 is 11.3 Å². The number of aliphatic carboxylic acids is 1. The monoisotopic (exact) mass is 334 g/mol. The van der Waals surface area contributed by atoms with Crippen molar-refractivity contribution in [2.45, 2.75) is 26.7 Å². The number of aryl methyl sites for hydroxylation is 1. The van der Waals surface area contributed by atoms with E-state index in [9.17, 15) is 9.59 Å². The smallest absolute Gasteiger partial charge is 0.341 e. The van der Waals surface area contributed by atoms with Crippen LogP contribution in [0.4, 0.5) is 5.69 Å². The predicted molar refractivity (Wildman–Crippen MR) is 88.5 cm³/mol. The number of amides is 1. The van der Waals surface area contributed by atoms with Crippen molar-refractivity contribution < 1.29 is 19.4 Å². The molecule has 0 aliphatic rings. The van der Waals surface area contributed by atoms with Gasteiger partial charge in [-0.1, -0.05) is 13.8 Å². The molecule has 2 N–H and O–H groups in total. The Balaban J connectivity index is 2.06. The van der Waals surface area contributed by atoms with Crippen molar-refractivity contribution in [3.8, 4) is 5.75 Å². The number of carboxylic acids is 1. The Labute approximate surface area is 138 Å². The Hall–Kier alpha value is -2.41. The first-order chi connectivity index (χ1) is 10.9. The molecule has 0 spiro atoms. The number of carbonyl (C=O) groups is 2. The molecular formula is C16H18N2O4S. The van der Waals surface area contributed by atoms with Gasteiger partial charge in [0.2, 0.25) is 0 Å². The van der Waals surface area contributed by atoms with Crippen molar-refractivity contribution in [3.63, 3.8) is 0 Å². The van der Waals surface area contributed by atoms with Crippen LogP contribution in [0.2, 0.25) is 0 Å². The van der Waals surface area contributed by atoms with Crippen molar-refractivity contribution in [2.75, 3.05) is 11.9 Å². The maximum Gasteiger partial charge on any atom is 0.341 e. The van der Waals surface area contributed by atoms with Crippen molar-refractivity contribution in [2.24, 2.45) is 0 Å². The number of hydrogen-bond donors (Lipinski definition) is 2. The van der Waals surface area contributed by atoms with Crippen LogP contribution in [0.1, 0.15) is 40.8 Å². The number of hydrogen-bond acceptors (Lipinski definition) is 5. The van der Waals surface area contributed by atoms with Crippen molar-refractivity contribution in [3.05, 3.63) is 39.8 Å². The van der Waals surface area contributed by atoms with Gasteiger partial charge >= 0.3 is 5.97 Å². The van der Waals surface area contributed by atoms with Gasteiger partial charge in [-0.25, -0.2) is 9.78 Å². The highest BCUT2D eigenvalue weighted by molar-refractivity contribution is 7.09. The molecule has 0 aliphatic heterocycles. The molecule has 6 nitrogen and oxygen atoms in total. The van der Waals surface area contributed by atoms with Crippen LogP contribution in [0, 0.1) is 6.92 Å². The molecule has 0 atom stereocenters. The van der Waals surface area contributed by atoms with Crippen LogP contribution in [0.3, 0.4) is 0 Å². The zero-order valence-corrected chi connectivity index (χ0v) is 13.9. The second-order valence-electron chi connectivity index (χ2n) is 5.34. The number of rotatable bonds is 6. The van der Waals surface area contributed by atoms with Gasteiger partial charge < -0.3 is 15.2 Å². The molecule has 0 saturated heterocycles. The first-order valence-electron chi connectivity index (χ1n) is 7.09. The number of carbonyl (C=O) groups excluding carboxylic acids is 1. The topological polar surface area (TPSA) is 88.5 Å². The quantitative estimate of drug-likeness (QED) is 0.846. The zero-order valence-electron chi connectivity index (χ0n) is 13.1. The molecule has 0 fully saturated rings. The molecule has 0 unspecified atom stereocenters. The number of carboxylic acid groups (broad SMARTS) is 1. The Morgan fingerprint density at radius 2 is 2.13 bits per heavy atom. The molecule has 1 aromatic heterocycles. The minimum absolute atomic E-state index is 0.268. The molecule has 1 amide bonds. The highest BCUT2D eigenvalue weighted by atomic mass is 32.1. The zero-order chi connectivity index (χ0) is 17.0. The van der Waals surface area contributed by atoms with E-state index in [1.54, 1.807) is 23.6 Å². The van der Waals surface area contributed by atoms with Crippen molar-refractivity contribution in [1.29, 1.82) is 0 Å². The number of thiazole rings is 1. The van der Waals surface area contributed by atoms with Gasteiger partial charge in [-0.2, -0.15) is 0 Å². The minimum Gasteiger partial charge on any atom is -0.482 e. The van der Waals surface area contributed by atoms with E-state index in [0.717, 1.165) is 10.6 Å². The van der Waals surface area contributed by atoms with E-state index in [1.165, 1.54) is 11.3 Å². The van der Waals surface area contributed by atoms with E-state index in [2.05, 4.69) is 10.3 Å². The van der Waals surface area contributed by atoms with Gasteiger partial charge in [0.25, 0.3) is 5.91 Å². The lowest BCUT2D eigenvalue weighted by Gasteiger charge is -2.10. The number of nitrogens with one attached hydrogen (secondary N) is 1. The van der Waals surface area contributed by atoms with E-state index in [0.29, 0.717) is 17.1 Å². The van der Waals surface area contributed by atoms with Crippen LogP contribution in [-0.2, 0) is 4.79 Å². The van der Waals surface area contributed by atoms with Gasteiger partial charge in [-0.15, -0.1) is 11.3 Å². The summed E-state index contributed by atoms with van der Waals surface area (Å²) < 4.78 is 5.10. The molecular weight excluding hydrogens is 316 g/mol. The second kappa shape index (κ2) is 7.23. The summed E-state index contributed by atoms with van der Waals surface area (Å²) >= 11 is 1.46. The Morgan fingerprint density at radius 3 is 2.70 bits per heavy atom. The largest absolute Gasteiger partial charge is 0.482 e. The molecule has 0 bridgehead atoms. The molecule has 0 saturated carbocycles. The summed E-state index contributed by atoms with van der Waals surface area (Å²) in [5, 5.41) is 14.1. The van der Waals surface area contributed by atoms with Gasteiger partial charge in [-0.05, 0) is 30.7 Å². The van der Waals surface area contributed by atoms with Crippen LogP contribution < -0.4 is 10.1 Å². The lowest BCUT2D eigenvalue weighted by molar-refractivity contribution is -0.139. The summed E-state index contributed by atoms with van der Waals surface area (Å²) in [6.45, 7) is 5.47. The van der Waals surface area contributed by atoms with Crippen molar-refractivity contribution in [1.82, 2.24) is 4.98 Å². The van der Waals surface area contributed by atoms with Crippen LogP contribution in [0.5, 0.6) is 5.75 Å². The highest BCUT2D eigenvalue weighted by Crippen LogP contribution is 2.23. The fourth-order valence-electron chi connectivity index (χ4n) is 1.85. The predicted octanol–water partition coefficient (Wildman–Crippen LogP) is 3.29. The average molecular weight is 334 g/mol. The molecule has 0 radical (unpaired) electrons. The summed E-state index contributed by atoms with van der Waals surface area (Å²) in [6.07, 6.45) is 0. The standard InChI is InChI=1S/C16H18N2O4S/c1-9(2)16-18-13(8-23-16)15(21)17-12-5-4-11(6-10(12)3)22-7-14(19)20/h4-6,8-9H,7H2,1-3H3,(H,17,21)(H,19,20). The summed E-state index contributed by atoms with van der Waals surface area (Å²) in [5.74, 6) is -0.576. The summed E-state index contributed by atoms with van der Waals surface area (Å²) in [6, 6.07) is 4.98. The third kappa shape index (κ3) is 4.53. The number of anilines is 1. The first kappa shape index (κ1) is 17.0. The van der Waals surface area contributed by atoms with Gasteiger partial charge in [0.05, 0.1) is 5.01 Å². The minimum atomic E-state index is -1.04. The Kier molecular flexibility index (Phi) is 5.33. The van der Waals surface area contributed by atoms with Gasteiger partial charge in [0.1, 0.15) is 11.4 Å². The van der Waals surface area contributed by atoms with E-state index in [-0.39, 0.29) is 11.8 Å². The van der Waals surface area contributed by atoms with E-state index in [1.807, 2.05) is 20.8 Å². The number of benzene rings is 1. The first-order valence-corrected chi connectivity index (χ1v) is 7.96. The van der Waals surface area contributed by atoms with Gasteiger partial charge in [0.15, 0.2) is 6.61 Å². The van der Waals surface area contributed by atoms with E-state index >= 15 is 0 Å². The molecule has 122 valence electrons. The lowest BCUT2D eigenvalue weighted by Crippen LogP contribution is -2.14.